The van der Waals surface area contributed by atoms with Crippen LogP contribution in [0.2, 0.25) is 0 Å². The second-order valence-electron chi connectivity index (χ2n) is 4.66. The second kappa shape index (κ2) is 5.22. The molecule has 2 aromatic carbocycles. The minimum atomic E-state index is 0.645. The molecule has 0 radical (unpaired) electrons. The average molecular weight is 228 g/mol. The van der Waals surface area contributed by atoms with E-state index in [4.69, 9.17) is 4.74 Å². The predicted molar refractivity (Wildman–Crippen MR) is 73.8 cm³/mol. The number of methoxy groups -OCH3 is 1. The molecule has 0 aliphatic heterocycles. The number of benzene rings is 2. The molecule has 90 valence electrons. The van der Waals surface area contributed by atoms with Gasteiger partial charge < -0.3 is 4.74 Å². The van der Waals surface area contributed by atoms with E-state index in [0.717, 1.165) is 5.75 Å². The Morgan fingerprint density at radius 3 is 2.47 bits per heavy atom. The minimum absolute atomic E-state index is 0.645. The van der Waals surface area contributed by atoms with Gasteiger partial charge in [-0.2, -0.15) is 0 Å². The molecule has 1 unspecified atom stereocenters. The molecule has 0 amide bonds. The standard InChI is InChI=1S/C16H20O/c1-4-5-12(2)13-6-7-15-11-16(17-3)9-8-14(15)10-13/h6-12H,4-5H2,1-3H3. The highest BCUT2D eigenvalue weighted by molar-refractivity contribution is 5.84. The molecule has 0 aromatic heterocycles. The predicted octanol–water partition coefficient (Wildman–Crippen LogP) is 4.75. The summed E-state index contributed by atoms with van der Waals surface area (Å²) in [6.07, 6.45) is 2.49. The number of rotatable bonds is 4. The van der Waals surface area contributed by atoms with Gasteiger partial charge in [-0.25, -0.2) is 0 Å². The van der Waals surface area contributed by atoms with Gasteiger partial charge >= 0.3 is 0 Å². The van der Waals surface area contributed by atoms with Crippen molar-refractivity contribution in [3.63, 3.8) is 0 Å². The smallest absolute Gasteiger partial charge is 0.119 e. The normalized spacial score (nSPS) is 12.6. The van der Waals surface area contributed by atoms with Crippen molar-refractivity contribution in [1.82, 2.24) is 0 Å². The van der Waals surface area contributed by atoms with Crippen molar-refractivity contribution in [2.24, 2.45) is 0 Å². The van der Waals surface area contributed by atoms with E-state index in [0.29, 0.717) is 5.92 Å². The van der Waals surface area contributed by atoms with Gasteiger partial charge in [0.2, 0.25) is 0 Å². The molecule has 2 rings (SSSR count). The van der Waals surface area contributed by atoms with Crippen LogP contribution in [0.5, 0.6) is 5.75 Å². The summed E-state index contributed by atoms with van der Waals surface area (Å²) in [7, 11) is 1.71. The van der Waals surface area contributed by atoms with Crippen molar-refractivity contribution in [2.75, 3.05) is 7.11 Å². The van der Waals surface area contributed by atoms with Crippen LogP contribution >= 0.6 is 0 Å². The van der Waals surface area contributed by atoms with Crippen molar-refractivity contribution in [1.29, 1.82) is 0 Å². The van der Waals surface area contributed by atoms with Gasteiger partial charge in [-0.15, -0.1) is 0 Å². The molecular formula is C16H20O. The van der Waals surface area contributed by atoms with Gasteiger partial charge in [0, 0.05) is 0 Å². The monoisotopic (exact) mass is 228 g/mol. The van der Waals surface area contributed by atoms with E-state index < -0.39 is 0 Å². The van der Waals surface area contributed by atoms with Crippen LogP contribution in [0.1, 0.15) is 38.2 Å². The quantitative estimate of drug-likeness (QED) is 0.733. The molecule has 0 bridgehead atoms. The molecule has 0 aliphatic carbocycles. The Balaban J connectivity index is 2.37. The number of hydrogen-bond acceptors (Lipinski definition) is 1. The maximum Gasteiger partial charge on any atom is 0.119 e. The Bertz CT molecular complexity index is 502. The average Bonchev–Trinajstić information content (AvgIpc) is 2.37. The minimum Gasteiger partial charge on any atom is -0.497 e. The van der Waals surface area contributed by atoms with E-state index >= 15 is 0 Å². The van der Waals surface area contributed by atoms with E-state index in [1.165, 1.54) is 29.2 Å². The summed E-state index contributed by atoms with van der Waals surface area (Å²) in [4.78, 5) is 0. The molecule has 0 spiro atoms. The first-order chi connectivity index (χ1) is 8.24. The van der Waals surface area contributed by atoms with Gasteiger partial charge in [0.1, 0.15) is 5.75 Å². The molecule has 1 heteroatoms. The lowest BCUT2D eigenvalue weighted by Crippen LogP contribution is -1.92. The van der Waals surface area contributed by atoms with E-state index in [1.807, 2.05) is 6.07 Å². The first-order valence-corrected chi connectivity index (χ1v) is 6.32. The maximum atomic E-state index is 5.24. The Morgan fingerprint density at radius 1 is 1.06 bits per heavy atom. The lowest BCUT2D eigenvalue weighted by Gasteiger charge is -2.11. The van der Waals surface area contributed by atoms with Crippen LogP contribution in [0, 0.1) is 0 Å². The van der Waals surface area contributed by atoms with Crippen LogP contribution in [-0.2, 0) is 0 Å². The molecule has 0 saturated carbocycles. The van der Waals surface area contributed by atoms with Crippen LogP contribution in [-0.4, -0.2) is 7.11 Å². The highest BCUT2D eigenvalue weighted by atomic mass is 16.5. The summed E-state index contributed by atoms with van der Waals surface area (Å²) in [6.45, 7) is 4.54. The zero-order valence-electron chi connectivity index (χ0n) is 10.9. The van der Waals surface area contributed by atoms with Crippen LogP contribution in [0.4, 0.5) is 0 Å². The van der Waals surface area contributed by atoms with E-state index in [2.05, 4.69) is 44.2 Å². The number of hydrogen-bond donors (Lipinski definition) is 0. The molecule has 0 fully saturated rings. The van der Waals surface area contributed by atoms with Crippen LogP contribution in [0.25, 0.3) is 10.8 Å². The molecule has 0 aliphatic rings. The third kappa shape index (κ3) is 2.60. The Hall–Kier alpha value is -1.50. The van der Waals surface area contributed by atoms with E-state index in [-0.39, 0.29) is 0 Å². The topological polar surface area (TPSA) is 9.23 Å². The highest BCUT2D eigenvalue weighted by Gasteiger charge is 2.05. The van der Waals surface area contributed by atoms with Gasteiger partial charge in [0.15, 0.2) is 0 Å². The van der Waals surface area contributed by atoms with Gasteiger partial charge in [-0.1, -0.05) is 44.5 Å². The fourth-order valence-electron chi connectivity index (χ4n) is 2.28. The Morgan fingerprint density at radius 2 is 1.76 bits per heavy atom. The molecule has 2 aromatic rings. The molecule has 17 heavy (non-hydrogen) atoms. The van der Waals surface area contributed by atoms with Crippen molar-refractivity contribution >= 4 is 10.8 Å². The molecular weight excluding hydrogens is 208 g/mol. The molecule has 0 N–H and O–H groups in total. The van der Waals surface area contributed by atoms with Crippen molar-refractivity contribution in [2.45, 2.75) is 32.6 Å². The summed E-state index contributed by atoms with van der Waals surface area (Å²) >= 11 is 0. The summed E-state index contributed by atoms with van der Waals surface area (Å²) in [6, 6.07) is 13.0. The summed E-state index contributed by atoms with van der Waals surface area (Å²) in [5.41, 5.74) is 1.43. The summed E-state index contributed by atoms with van der Waals surface area (Å²) in [5, 5.41) is 2.54. The molecule has 0 heterocycles. The third-order valence-electron chi connectivity index (χ3n) is 3.36. The fourth-order valence-corrected chi connectivity index (χ4v) is 2.28. The van der Waals surface area contributed by atoms with Crippen LogP contribution in [0.3, 0.4) is 0 Å². The van der Waals surface area contributed by atoms with Gasteiger partial charge in [-0.05, 0) is 40.8 Å². The lowest BCUT2D eigenvalue weighted by atomic mass is 9.94. The lowest BCUT2D eigenvalue weighted by molar-refractivity contribution is 0.415. The first-order valence-electron chi connectivity index (χ1n) is 6.32. The molecule has 0 saturated heterocycles. The fraction of sp³-hybridized carbons (Fsp3) is 0.375. The Kier molecular flexibility index (Phi) is 3.68. The largest absolute Gasteiger partial charge is 0.497 e. The highest BCUT2D eigenvalue weighted by Crippen LogP contribution is 2.26. The van der Waals surface area contributed by atoms with Gasteiger partial charge in [-0.3, -0.25) is 0 Å². The van der Waals surface area contributed by atoms with E-state index in [9.17, 15) is 0 Å². The second-order valence-corrected chi connectivity index (χ2v) is 4.66. The molecule has 1 nitrogen and oxygen atoms in total. The number of fused-ring (bicyclic) bond motifs is 1. The Labute approximate surface area is 103 Å². The van der Waals surface area contributed by atoms with Gasteiger partial charge in [0.25, 0.3) is 0 Å². The van der Waals surface area contributed by atoms with Gasteiger partial charge in [0.05, 0.1) is 7.11 Å². The third-order valence-corrected chi connectivity index (χ3v) is 3.36. The van der Waals surface area contributed by atoms with E-state index in [1.54, 1.807) is 7.11 Å². The maximum absolute atomic E-state index is 5.24. The van der Waals surface area contributed by atoms with Crippen molar-refractivity contribution in [3.8, 4) is 5.75 Å². The van der Waals surface area contributed by atoms with Crippen molar-refractivity contribution < 1.29 is 4.74 Å². The summed E-state index contributed by atoms with van der Waals surface area (Å²) in [5.74, 6) is 1.57. The molecule has 1 atom stereocenters. The number of ether oxygens (including phenoxy) is 1. The zero-order chi connectivity index (χ0) is 12.3. The zero-order valence-corrected chi connectivity index (χ0v) is 10.9. The summed E-state index contributed by atoms with van der Waals surface area (Å²) < 4.78 is 5.24. The van der Waals surface area contributed by atoms with Crippen molar-refractivity contribution in [3.05, 3.63) is 42.0 Å². The SMILES string of the molecule is CCCC(C)c1ccc2cc(OC)ccc2c1. The van der Waals surface area contributed by atoms with Crippen LogP contribution < -0.4 is 4.74 Å². The van der Waals surface area contributed by atoms with Crippen LogP contribution in [0.15, 0.2) is 36.4 Å². The first kappa shape index (κ1) is 12.0.